The van der Waals surface area contributed by atoms with Crippen LogP contribution in [0.25, 0.3) is 0 Å². The Kier molecular flexibility index (Phi) is 4.24. The van der Waals surface area contributed by atoms with Gasteiger partial charge in [0.2, 0.25) is 5.91 Å². The van der Waals surface area contributed by atoms with Crippen molar-refractivity contribution in [2.24, 2.45) is 7.05 Å². The van der Waals surface area contributed by atoms with E-state index in [4.69, 9.17) is 0 Å². The minimum atomic E-state index is -0.184. The molecule has 1 aliphatic carbocycles. The monoisotopic (exact) mass is 265 g/mol. The van der Waals surface area contributed by atoms with E-state index in [0.717, 1.165) is 42.6 Å². The molecule has 106 valence electrons. The van der Waals surface area contributed by atoms with Gasteiger partial charge in [0.05, 0.1) is 18.2 Å². The summed E-state index contributed by atoms with van der Waals surface area (Å²) in [5, 5.41) is 16.8. The average molecular weight is 265 g/mol. The highest BCUT2D eigenvalue weighted by atomic mass is 16.3. The number of nitrogens with zero attached hydrogens (tertiary/aromatic N) is 2. The van der Waals surface area contributed by atoms with Gasteiger partial charge in [0.1, 0.15) is 0 Å². The number of aryl methyl sites for hydroxylation is 2. The molecule has 0 aliphatic heterocycles. The molecule has 0 radical (unpaired) electrons. The Morgan fingerprint density at radius 1 is 1.37 bits per heavy atom. The van der Waals surface area contributed by atoms with Crippen molar-refractivity contribution in [3.63, 3.8) is 0 Å². The van der Waals surface area contributed by atoms with Gasteiger partial charge < -0.3 is 10.4 Å². The Morgan fingerprint density at radius 3 is 2.53 bits per heavy atom. The van der Waals surface area contributed by atoms with E-state index >= 15 is 0 Å². The molecule has 2 N–H and O–H groups in total. The van der Waals surface area contributed by atoms with Crippen LogP contribution in [0.4, 0.5) is 0 Å². The number of aliphatic hydroxyl groups excluding tert-OH is 1. The molecule has 0 atom stereocenters. The van der Waals surface area contributed by atoms with Gasteiger partial charge in [-0.3, -0.25) is 9.48 Å². The second kappa shape index (κ2) is 5.74. The third-order valence-electron chi connectivity index (χ3n) is 4.06. The average Bonchev–Trinajstić information content (AvgIpc) is 2.59. The van der Waals surface area contributed by atoms with Crippen LogP contribution < -0.4 is 5.32 Å². The van der Waals surface area contributed by atoms with Gasteiger partial charge in [0, 0.05) is 24.3 Å². The number of carbonyl (C=O) groups excluding carboxylic acids is 1. The smallest absolute Gasteiger partial charge is 0.224 e. The highest BCUT2D eigenvalue weighted by Crippen LogP contribution is 2.19. The zero-order chi connectivity index (χ0) is 14.0. The van der Waals surface area contributed by atoms with Crippen LogP contribution in [0.5, 0.6) is 0 Å². The minimum Gasteiger partial charge on any atom is -0.393 e. The van der Waals surface area contributed by atoms with Crippen LogP contribution in [0.1, 0.15) is 42.6 Å². The first-order chi connectivity index (χ1) is 8.97. The molecule has 5 nitrogen and oxygen atoms in total. The lowest BCUT2D eigenvalue weighted by Crippen LogP contribution is -2.39. The maximum atomic E-state index is 12.1. The summed E-state index contributed by atoms with van der Waals surface area (Å²) < 4.78 is 1.81. The van der Waals surface area contributed by atoms with Crippen LogP contribution >= 0.6 is 0 Å². The molecule has 1 amide bonds. The van der Waals surface area contributed by atoms with Gasteiger partial charge in [0.15, 0.2) is 0 Å². The molecule has 0 bridgehead atoms. The summed E-state index contributed by atoms with van der Waals surface area (Å²) in [6.07, 6.45) is 3.53. The molecule has 1 aromatic heterocycles. The van der Waals surface area contributed by atoms with Gasteiger partial charge in [-0.05, 0) is 39.5 Å². The van der Waals surface area contributed by atoms with Gasteiger partial charge in [-0.15, -0.1) is 0 Å². The second-order valence-electron chi connectivity index (χ2n) is 5.52. The largest absolute Gasteiger partial charge is 0.393 e. The maximum Gasteiger partial charge on any atom is 0.224 e. The Balaban J connectivity index is 1.91. The van der Waals surface area contributed by atoms with Crippen molar-refractivity contribution in [1.29, 1.82) is 0 Å². The zero-order valence-electron chi connectivity index (χ0n) is 11.9. The first-order valence-corrected chi connectivity index (χ1v) is 6.94. The minimum absolute atomic E-state index is 0.0561. The molecule has 19 heavy (non-hydrogen) atoms. The number of aromatic nitrogens is 2. The van der Waals surface area contributed by atoms with Crippen LogP contribution in [0.15, 0.2) is 0 Å². The molecule has 0 unspecified atom stereocenters. The van der Waals surface area contributed by atoms with Crippen molar-refractivity contribution in [3.8, 4) is 0 Å². The highest BCUT2D eigenvalue weighted by molar-refractivity contribution is 5.79. The highest BCUT2D eigenvalue weighted by Gasteiger charge is 2.21. The van der Waals surface area contributed by atoms with Crippen molar-refractivity contribution in [2.45, 2.75) is 58.1 Å². The van der Waals surface area contributed by atoms with E-state index in [-0.39, 0.29) is 18.1 Å². The summed E-state index contributed by atoms with van der Waals surface area (Å²) in [5.74, 6) is 0.0561. The van der Waals surface area contributed by atoms with E-state index in [1.807, 2.05) is 25.6 Å². The fraction of sp³-hybridized carbons (Fsp3) is 0.714. The van der Waals surface area contributed by atoms with E-state index in [1.165, 1.54) is 0 Å². The number of hydrogen-bond donors (Lipinski definition) is 2. The van der Waals surface area contributed by atoms with E-state index in [2.05, 4.69) is 10.4 Å². The van der Waals surface area contributed by atoms with Crippen molar-refractivity contribution in [3.05, 3.63) is 17.0 Å². The van der Waals surface area contributed by atoms with Crippen LogP contribution in [0, 0.1) is 13.8 Å². The number of carbonyl (C=O) groups is 1. The molecule has 0 aromatic carbocycles. The molecular weight excluding hydrogens is 242 g/mol. The molecule has 2 rings (SSSR count). The number of aliphatic hydroxyl groups is 1. The lowest BCUT2D eigenvalue weighted by atomic mass is 9.93. The summed E-state index contributed by atoms with van der Waals surface area (Å²) in [4.78, 5) is 12.1. The van der Waals surface area contributed by atoms with Crippen molar-refractivity contribution in [2.75, 3.05) is 0 Å². The molecule has 0 spiro atoms. The molecule has 1 saturated carbocycles. The molecule has 1 fully saturated rings. The quantitative estimate of drug-likeness (QED) is 0.856. The maximum absolute atomic E-state index is 12.1. The fourth-order valence-corrected chi connectivity index (χ4v) is 2.73. The van der Waals surface area contributed by atoms with Gasteiger partial charge in [-0.2, -0.15) is 5.10 Å². The third-order valence-corrected chi connectivity index (χ3v) is 4.06. The van der Waals surface area contributed by atoms with Crippen molar-refractivity contribution < 1.29 is 9.90 Å². The van der Waals surface area contributed by atoms with E-state index < -0.39 is 0 Å². The van der Waals surface area contributed by atoms with E-state index in [1.54, 1.807) is 0 Å². The second-order valence-corrected chi connectivity index (χ2v) is 5.52. The van der Waals surface area contributed by atoms with Crippen molar-refractivity contribution >= 4 is 5.91 Å². The van der Waals surface area contributed by atoms with Crippen LogP contribution in [-0.2, 0) is 18.3 Å². The SMILES string of the molecule is Cc1nn(C)c(C)c1CC(=O)NC1CCC(O)CC1. The summed E-state index contributed by atoms with van der Waals surface area (Å²) in [6.45, 7) is 3.92. The predicted molar refractivity (Wildman–Crippen MR) is 72.8 cm³/mol. The van der Waals surface area contributed by atoms with E-state index in [0.29, 0.717) is 6.42 Å². The molecule has 1 aromatic rings. The Morgan fingerprint density at radius 2 is 2.00 bits per heavy atom. The molecular formula is C14H23N3O2. The standard InChI is InChI=1S/C14H23N3O2/c1-9-13(10(2)17(3)16-9)8-14(19)15-11-4-6-12(18)7-5-11/h11-12,18H,4-8H2,1-3H3,(H,15,19). The van der Waals surface area contributed by atoms with E-state index in [9.17, 15) is 9.90 Å². The summed E-state index contributed by atoms with van der Waals surface area (Å²) in [6, 6.07) is 0.216. The molecule has 1 heterocycles. The van der Waals surface area contributed by atoms with Crippen LogP contribution in [-0.4, -0.2) is 32.9 Å². The lowest BCUT2D eigenvalue weighted by Gasteiger charge is -2.26. The number of rotatable bonds is 3. The Bertz CT molecular complexity index is 460. The number of amides is 1. The topological polar surface area (TPSA) is 67.2 Å². The molecule has 1 aliphatic rings. The lowest BCUT2D eigenvalue weighted by molar-refractivity contribution is -0.121. The first-order valence-electron chi connectivity index (χ1n) is 6.94. The number of nitrogens with one attached hydrogen (secondary N) is 1. The Hall–Kier alpha value is -1.36. The third kappa shape index (κ3) is 3.35. The molecule has 5 heteroatoms. The predicted octanol–water partition coefficient (Wildman–Crippen LogP) is 0.999. The summed E-state index contributed by atoms with van der Waals surface area (Å²) in [5.41, 5.74) is 3.00. The number of hydrogen-bond acceptors (Lipinski definition) is 3. The van der Waals surface area contributed by atoms with Gasteiger partial charge in [-0.1, -0.05) is 0 Å². The summed E-state index contributed by atoms with van der Waals surface area (Å²) in [7, 11) is 1.90. The van der Waals surface area contributed by atoms with Crippen LogP contribution in [0.2, 0.25) is 0 Å². The zero-order valence-corrected chi connectivity index (χ0v) is 11.9. The van der Waals surface area contributed by atoms with Crippen LogP contribution in [0.3, 0.4) is 0 Å². The summed E-state index contributed by atoms with van der Waals surface area (Å²) >= 11 is 0. The van der Waals surface area contributed by atoms with Gasteiger partial charge in [0.25, 0.3) is 0 Å². The van der Waals surface area contributed by atoms with Crippen molar-refractivity contribution in [1.82, 2.24) is 15.1 Å². The Labute approximate surface area is 114 Å². The van der Waals surface area contributed by atoms with Gasteiger partial charge >= 0.3 is 0 Å². The first kappa shape index (κ1) is 14.1. The molecule has 0 saturated heterocycles. The normalized spacial score (nSPS) is 23.4. The fourth-order valence-electron chi connectivity index (χ4n) is 2.73. The van der Waals surface area contributed by atoms with Gasteiger partial charge in [-0.25, -0.2) is 0 Å².